The van der Waals surface area contributed by atoms with Crippen LogP contribution in [0.2, 0.25) is 5.02 Å². The molecule has 3 aliphatic rings. The van der Waals surface area contributed by atoms with E-state index in [1.165, 1.54) is 0 Å². The molecule has 0 aromatic carbocycles. The normalized spacial score (nSPS) is 29.5. The number of amides is 1. The molecule has 0 unspecified atom stereocenters. The molecule has 0 radical (unpaired) electrons. The average molecular weight is 376 g/mol. The fourth-order valence-corrected chi connectivity index (χ4v) is 5.01. The molecule has 1 spiro atoms. The number of piperidine rings is 2. The maximum Gasteiger partial charge on any atom is 0.226 e. The van der Waals surface area contributed by atoms with Crippen LogP contribution in [-0.4, -0.2) is 53.2 Å². The third-order valence-electron chi connectivity index (χ3n) is 6.20. The molecule has 1 aliphatic carbocycles. The highest BCUT2D eigenvalue weighted by Gasteiger charge is 2.47. The highest BCUT2D eigenvalue weighted by Crippen LogP contribution is 2.41. The SMILES string of the molecule is O=C(C1CC=CC1)N1CCC[C@]2(C1)CN(c1ncccc1Cl)CC[C@H]2O. The van der Waals surface area contributed by atoms with Crippen LogP contribution in [-0.2, 0) is 4.79 Å². The smallest absolute Gasteiger partial charge is 0.226 e. The first-order valence-electron chi connectivity index (χ1n) is 9.56. The van der Waals surface area contributed by atoms with E-state index >= 15 is 0 Å². The first-order chi connectivity index (χ1) is 12.6. The number of nitrogens with zero attached hydrogens (tertiary/aromatic N) is 3. The number of aromatic nitrogens is 1. The van der Waals surface area contributed by atoms with Gasteiger partial charge < -0.3 is 14.9 Å². The number of carbonyl (C=O) groups is 1. The molecule has 1 N–H and O–H groups in total. The monoisotopic (exact) mass is 375 g/mol. The van der Waals surface area contributed by atoms with Crippen molar-refractivity contribution in [2.24, 2.45) is 11.3 Å². The van der Waals surface area contributed by atoms with Crippen LogP contribution in [0, 0.1) is 11.3 Å². The van der Waals surface area contributed by atoms with E-state index in [-0.39, 0.29) is 17.2 Å². The molecule has 1 aromatic rings. The number of rotatable bonds is 2. The Balaban J connectivity index is 1.53. The Morgan fingerprint density at radius 2 is 2.08 bits per heavy atom. The van der Waals surface area contributed by atoms with E-state index in [0.717, 1.165) is 44.6 Å². The molecule has 3 heterocycles. The minimum atomic E-state index is -0.390. The van der Waals surface area contributed by atoms with E-state index in [9.17, 15) is 9.90 Å². The van der Waals surface area contributed by atoms with Crippen LogP contribution < -0.4 is 4.90 Å². The molecule has 6 heteroatoms. The number of pyridine rings is 1. The minimum absolute atomic E-state index is 0.0900. The fraction of sp³-hybridized carbons (Fsp3) is 0.600. The van der Waals surface area contributed by atoms with Crippen LogP contribution >= 0.6 is 11.6 Å². The van der Waals surface area contributed by atoms with Crippen molar-refractivity contribution in [3.8, 4) is 0 Å². The predicted octanol–water partition coefficient (Wildman–Crippen LogP) is 2.88. The van der Waals surface area contributed by atoms with Crippen molar-refractivity contribution in [3.63, 3.8) is 0 Å². The lowest BCUT2D eigenvalue weighted by Crippen LogP contribution is -2.60. The number of hydrogen-bond acceptors (Lipinski definition) is 4. The summed E-state index contributed by atoms with van der Waals surface area (Å²) in [6.07, 6.45) is 9.81. The maximum atomic E-state index is 12.9. The van der Waals surface area contributed by atoms with Crippen molar-refractivity contribution in [2.75, 3.05) is 31.1 Å². The van der Waals surface area contributed by atoms with E-state index in [0.29, 0.717) is 24.5 Å². The second-order valence-corrected chi connectivity index (χ2v) is 8.31. The topological polar surface area (TPSA) is 56.7 Å². The van der Waals surface area contributed by atoms with E-state index in [4.69, 9.17) is 11.6 Å². The zero-order valence-corrected chi connectivity index (χ0v) is 15.7. The zero-order chi connectivity index (χ0) is 18.1. The molecule has 4 rings (SSSR count). The molecule has 0 saturated carbocycles. The van der Waals surface area contributed by atoms with Crippen LogP contribution in [0.5, 0.6) is 0 Å². The van der Waals surface area contributed by atoms with Crippen molar-refractivity contribution in [3.05, 3.63) is 35.5 Å². The number of carbonyl (C=O) groups excluding carboxylic acids is 1. The largest absolute Gasteiger partial charge is 0.392 e. The molecule has 2 aliphatic heterocycles. The Morgan fingerprint density at radius 3 is 2.85 bits per heavy atom. The van der Waals surface area contributed by atoms with Gasteiger partial charge in [0, 0.05) is 43.7 Å². The Kier molecular flexibility index (Phi) is 4.93. The molecule has 1 amide bonds. The summed E-state index contributed by atoms with van der Waals surface area (Å²) < 4.78 is 0. The van der Waals surface area contributed by atoms with Crippen molar-refractivity contribution in [2.45, 2.75) is 38.2 Å². The summed E-state index contributed by atoms with van der Waals surface area (Å²) >= 11 is 6.35. The Morgan fingerprint density at radius 1 is 1.27 bits per heavy atom. The van der Waals surface area contributed by atoms with Crippen molar-refractivity contribution in [1.82, 2.24) is 9.88 Å². The van der Waals surface area contributed by atoms with Gasteiger partial charge in [-0.1, -0.05) is 23.8 Å². The molecular weight excluding hydrogens is 350 g/mol. The van der Waals surface area contributed by atoms with Gasteiger partial charge in [-0.15, -0.1) is 0 Å². The summed E-state index contributed by atoms with van der Waals surface area (Å²) in [7, 11) is 0. The number of aliphatic hydroxyl groups excluding tert-OH is 1. The van der Waals surface area contributed by atoms with Gasteiger partial charge in [-0.25, -0.2) is 4.98 Å². The summed E-state index contributed by atoms with van der Waals surface area (Å²) in [5.41, 5.74) is -0.293. The van der Waals surface area contributed by atoms with Gasteiger partial charge in [0.05, 0.1) is 11.1 Å². The highest BCUT2D eigenvalue weighted by atomic mass is 35.5. The van der Waals surface area contributed by atoms with Gasteiger partial charge in [-0.2, -0.15) is 0 Å². The highest BCUT2D eigenvalue weighted by molar-refractivity contribution is 6.32. The summed E-state index contributed by atoms with van der Waals surface area (Å²) in [5, 5.41) is 11.5. The fourth-order valence-electron chi connectivity index (χ4n) is 4.77. The van der Waals surface area contributed by atoms with Gasteiger partial charge in [0.15, 0.2) is 0 Å². The van der Waals surface area contributed by atoms with Crippen LogP contribution in [0.4, 0.5) is 5.82 Å². The van der Waals surface area contributed by atoms with Crippen molar-refractivity contribution < 1.29 is 9.90 Å². The first kappa shape index (κ1) is 17.8. The number of aliphatic hydroxyl groups is 1. The number of allylic oxidation sites excluding steroid dienone is 2. The van der Waals surface area contributed by atoms with Gasteiger partial charge >= 0.3 is 0 Å². The van der Waals surface area contributed by atoms with Crippen LogP contribution in [0.1, 0.15) is 32.1 Å². The van der Waals surface area contributed by atoms with Gasteiger partial charge in [0.2, 0.25) is 5.91 Å². The molecule has 2 fully saturated rings. The lowest BCUT2D eigenvalue weighted by atomic mass is 9.71. The third kappa shape index (κ3) is 3.23. The van der Waals surface area contributed by atoms with E-state index in [2.05, 4.69) is 22.0 Å². The van der Waals surface area contributed by atoms with Crippen molar-refractivity contribution in [1.29, 1.82) is 0 Å². The first-order valence-corrected chi connectivity index (χ1v) is 9.94. The molecular formula is C20H26ClN3O2. The Labute approximate surface area is 159 Å². The quantitative estimate of drug-likeness (QED) is 0.807. The second-order valence-electron chi connectivity index (χ2n) is 7.90. The molecule has 2 saturated heterocycles. The van der Waals surface area contributed by atoms with E-state index in [1.54, 1.807) is 6.20 Å². The standard InChI is InChI=1S/C20H26ClN3O2/c21-16-7-3-10-22-18(16)23-12-8-17(25)20(13-23)9-4-11-24(14-20)19(26)15-5-1-2-6-15/h1-3,7,10,15,17,25H,4-6,8-9,11-14H2/t17-,20-/m1/s1. The molecule has 26 heavy (non-hydrogen) atoms. The molecule has 140 valence electrons. The van der Waals surface area contributed by atoms with Crippen LogP contribution in [0.3, 0.4) is 0 Å². The van der Waals surface area contributed by atoms with Crippen LogP contribution in [0.25, 0.3) is 0 Å². The zero-order valence-electron chi connectivity index (χ0n) is 15.0. The van der Waals surface area contributed by atoms with Gasteiger partial charge in [-0.05, 0) is 44.2 Å². The Bertz CT molecular complexity index is 702. The third-order valence-corrected chi connectivity index (χ3v) is 6.50. The predicted molar refractivity (Wildman–Crippen MR) is 102 cm³/mol. The Hall–Kier alpha value is -1.59. The average Bonchev–Trinajstić information content (AvgIpc) is 3.19. The van der Waals surface area contributed by atoms with Gasteiger partial charge in [0.25, 0.3) is 0 Å². The van der Waals surface area contributed by atoms with E-state index in [1.807, 2.05) is 17.0 Å². The van der Waals surface area contributed by atoms with Gasteiger partial charge in [-0.3, -0.25) is 4.79 Å². The number of halogens is 1. The van der Waals surface area contributed by atoms with E-state index < -0.39 is 6.10 Å². The number of anilines is 1. The lowest BCUT2D eigenvalue weighted by molar-refractivity contribution is -0.141. The summed E-state index contributed by atoms with van der Waals surface area (Å²) in [4.78, 5) is 21.5. The van der Waals surface area contributed by atoms with Gasteiger partial charge in [0.1, 0.15) is 5.82 Å². The molecule has 2 atom stereocenters. The number of likely N-dealkylation sites (tertiary alicyclic amines) is 1. The van der Waals surface area contributed by atoms with Crippen molar-refractivity contribution >= 4 is 23.3 Å². The lowest BCUT2D eigenvalue weighted by Gasteiger charge is -2.51. The number of hydrogen-bond donors (Lipinski definition) is 1. The maximum absolute atomic E-state index is 12.9. The molecule has 0 bridgehead atoms. The summed E-state index contributed by atoms with van der Waals surface area (Å²) in [6, 6.07) is 3.68. The molecule has 5 nitrogen and oxygen atoms in total. The second kappa shape index (κ2) is 7.20. The summed E-state index contributed by atoms with van der Waals surface area (Å²) in [5.74, 6) is 1.12. The minimum Gasteiger partial charge on any atom is -0.392 e. The molecule has 1 aromatic heterocycles. The van der Waals surface area contributed by atoms with Crippen LogP contribution in [0.15, 0.2) is 30.5 Å². The summed E-state index contributed by atoms with van der Waals surface area (Å²) in [6.45, 7) is 2.86.